The second-order valence-corrected chi connectivity index (χ2v) is 8.71. The van der Waals surface area contributed by atoms with Crippen LogP contribution in [0.15, 0.2) is 0 Å². The summed E-state index contributed by atoms with van der Waals surface area (Å²) in [5, 5.41) is 9.04. The Labute approximate surface area is 146 Å². The van der Waals surface area contributed by atoms with Crippen molar-refractivity contribution in [3.05, 3.63) is 0 Å². The zero-order chi connectivity index (χ0) is 18.6. The van der Waals surface area contributed by atoms with E-state index in [0.29, 0.717) is 19.5 Å². The van der Waals surface area contributed by atoms with Crippen LogP contribution in [0, 0.1) is 5.41 Å². The van der Waals surface area contributed by atoms with Crippen LogP contribution in [0.2, 0.25) is 0 Å². The summed E-state index contributed by atoms with van der Waals surface area (Å²) < 4.78 is 34.6. The Kier molecular flexibility index (Phi) is 4.25. The highest BCUT2D eigenvalue weighted by Gasteiger charge is 2.62. The van der Waals surface area contributed by atoms with Crippen molar-refractivity contribution in [2.45, 2.75) is 70.1 Å². The molecule has 1 amide bonds. The lowest BCUT2D eigenvalue weighted by molar-refractivity contribution is -0.138. The summed E-state index contributed by atoms with van der Waals surface area (Å²) in [5.41, 5.74) is -1.11. The van der Waals surface area contributed by atoms with E-state index in [1.165, 1.54) is 0 Å². The van der Waals surface area contributed by atoms with Crippen LogP contribution in [0.4, 0.5) is 13.6 Å². The molecule has 1 saturated carbocycles. The largest absolute Gasteiger partial charge is 0.481 e. The number of fused-ring (bicyclic) bond motifs is 1. The first-order valence-corrected chi connectivity index (χ1v) is 8.76. The minimum absolute atomic E-state index is 0.0161. The van der Waals surface area contributed by atoms with Gasteiger partial charge < -0.3 is 9.84 Å². The minimum atomic E-state index is -3.02. The highest BCUT2D eigenvalue weighted by atomic mass is 19.3. The van der Waals surface area contributed by atoms with Gasteiger partial charge in [0.25, 0.3) is 5.92 Å². The fourth-order valence-corrected chi connectivity index (χ4v) is 4.17. The van der Waals surface area contributed by atoms with Gasteiger partial charge in [0.15, 0.2) is 0 Å². The van der Waals surface area contributed by atoms with E-state index in [2.05, 4.69) is 0 Å². The zero-order valence-corrected chi connectivity index (χ0v) is 14.9. The van der Waals surface area contributed by atoms with Crippen LogP contribution in [0.5, 0.6) is 0 Å². The molecular formula is C17H26F2N2O4. The average molecular weight is 360 g/mol. The second kappa shape index (κ2) is 5.79. The molecule has 142 valence electrons. The molecule has 25 heavy (non-hydrogen) atoms. The molecule has 0 aromatic carbocycles. The molecule has 3 fully saturated rings. The fraction of sp³-hybridized carbons (Fsp3) is 0.882. The molecule has 6 nitrogen and oxygen atoms in total. The number of nitrogens with zero attached hydrogens (tertiary/aromatic N) is 2. The third-order valence-electron chi connectivity index (χ3n) is 5.33. The van der Waals surface area contributed by atoms with Crippen molar-refractivity contribution in [3.8, 4) is 0 Å². The number of carbonyl (C=O) groups excluding carboxylic acids is 1. The molecule has 3 rings (SSSR count). The van der Waals surface area contributed by atoms with Crippen LogP contribution in [-0.4, -0.2) is 70.2 Å². The van der Waals surface area contributed by atoms with Crippen molar-refractivity contribution in [2.75, 3.05) is 19.6 Å². The van der Waals surface area contributed by atoms with Gasteiger partial charge in [-0.1, -0.05) is 0 Å². The quantitative estimate of drug-likeness (QED) is 0.834. The lowest BCUT2D eigenvalue weighted by Crippen LogP contribution is -2.47. The maximum absolute atomic E-state index is 14.6. The highest BCUT2D eigenvalue weighted by molar-refractivity contribution is 5.70. The monoisotopic (exact) mass is 360 g/mol. The van der Waals surface area contributed by atoms with Crippen molar-refractivity contribution < 1.29 is 28.2 Å². The molecule has 1 N–H and O–H groups in total. The van der Waals surface area contributed by atoms with E-state index in [9.17, 15) is 18.4 Å². The van der Waals surface area contributed by atoms with Crippen LogP contribution < -0.4 is 0 Å². The second-order valence-electron chi connectivity index (χ2n) is 8.71. The van der Waals surface area contributed by atoms with Crippen LogP contribution in [-0.2, 0) is 9.53 Å². The molecule has 2 heterocycles. The van der Waals surface area contributed by atoms with Crippen molar-refractivity contribution in [3.63, 3.8) is 0 Å². The number of hydrogen-bond donors (Lipinski definition) is 1. The Morgan fingerprint density at radius 3 is 2.44 bits per heavy atom. The summed E-state index contributed by atoms with van der Waals surface area (Å²) in [4.78, 5) is 26.2. The molecule has 0 aromatic heterocycles. The van der Waals surface area contributed by atoms with Crippen molar-refractivity contribution in [1.29, 1.82) is 0 Å². The summed E-state index contributed by atoms with van der Waals surface area (Å²) in [7, 11) is 0. The molecule has 0 aromatic rings. The average Bonchev–Trinajstić information content (AvgIpc) is 2.91. The molecular weight excluding hydrogens is 334 g/mol. The van der Waals surface area contributed by atoms with E-state index in [0.717, 1.165) is 17.7 Å². The molecule has 2 atom stereocenters. The maximum Gasteiger partial charge on any atom is 0.410 e. The summed E-state index contributed by atoms with van der Waals surface area (Å²) in [6, 6.07) is -1.63. The predicted molar refractivity (Wildman–Crippen MR) is 85.6 cm³/mol. The Morgan fingerprint density at radius 2 is 1.92 bits per heavy atom. The molecule has 3 aliphatic rings. The third-order valence-corrected chi connectivity index (χ3v) is 5.33. The number of carbonyl (C=O) groups is 2. The van der Waals surface area contributed by atoms with Gasteiger partial charge in [0.2, 0.25) is 0 Å². The smallest absolute Gasteiger partial charge is 0.410 e. The number of rotatable bonds is 4. The lowest BCUT2D eigenvalue weighted by atomic mass is 10.0. The SMILES string of the molecule is CC(C)(C)OC(=O)N1CC(F)(F)[C@H]2[C@@H]1CCN2CC1(CC(=O)O)CC1. The topological polar surface area (TPSA) is 70.1 Å². The van der Waals surface area contributed by atoms with Crippen LogP contribution in [0.1, 0.15) is 46.5 Å². The van der Waals surface area contributed by atoms with Gasteiger partial charge in [-0.15, -0.1) is 0 Å². The molecule has 1 aliphatic carbocycles. The van der Waals surface area contributed by atoms with E-state index < -0.39 is 42.2 Å². The molecule has 8 heteroatoms. The minimum Gasteiger partial charge on any atom is -0.481 e. The summed E-state index contributed by atoms with van der Waals surface area (Å²) in [6.07, 6.45) is 1.29. The molecule has 2 saturated heterocycles. The number of aliphatic carboxylic acids is 1. The van der Waals surface area contributed by atoms with Crippen LogP contribution in [0.3, 0.4) is 0 Å². The fourth-order valence-electron chi connectivity index (χ4n) is 4.17. The zero-order valence-electron chi connectivity index (χ0n) is 14.9. The van der Waals surface area contributed by atoms with Gasteiger partial charge in [-0.2, -0.15) is 0 Å². The number of likely N-dealkylation sites (tertiary alicyclic amines) is 2. The Bertz CT molecular complexity index is 571. The number of carboxylic acid groups (broad SMARTS) is 1. The first kappa shape index (κ1) is 18.4. The summed E-state index contributed by atoms with van der Waals surface area (Å²) in [6.45, 7) is 5.30. The Morgan fingerprint density at radius 1 is 1.28 bits per heavy atom. The van der Waals surface area contributed by atoms with Crippen LogP contribution >= 0.6 is 0 Å². The van der Waals surface area contributed by atoms with E-state index in [4.69, 9.17) is 9.84 Å². The van der Waals surface area contributed by atoms with Gasteiger partial charge in [0.1, 0.15) is 5.60 Å². The van der Waals surface area contributed by atoms with Crippen molar-refractivity contribution in [2.24, 2.45) is 5.41 Å². The van der Waals surface area contributed by atoms with E-state index in [1.54, 1.807) is 25.7 Å². The maximum atomic E-state index is 14.6. The van der Waals surface area contributed by atoms with E-state index >= 15 is 0 Å². The summed E-state index contributed by atoms with van der Waals surface area (Å²) in [5.74, 6) is -3.90. The van der Waals surface area contributed by atoms with Gasteiger partial charge in [-0.25, -0.2) is 13.6 Å². The summed E-state index contributed by atoms with van der Waals surface area (Å²) >= 11 is 0. The lowest BCUT2D eigenvalue weighted by Gasteiger charge is -2.30. The van der Waals surface area contributed by atoms with E-state index in [-0.39, 0.29) is 11.8 Å². The number of ether oxygens (including phenoxy) is 1. The first-order chi connectivity index (χ1) is 11.4. The number of amides is 1. The number of carboxylic acids is 1. The number of alkyl halides is 2. The number of hydrogen-bond acceptors (Lipinski definition) is 4. The van der Waals surface area contributed by atoms with Gasteiger partial charge in [0, 0.05) is 13.1 Å². The number of halogens is 2. The third kappa shape index (κ3) is 3.73. The van der Waals surface area contributed by atoms with Crippen LogP contribution in [0.25, 0.3) is 0 Å². The van der Waals surface area contributed by atoms with Crippen molar-refractivity contribution >= 4 is 12.1 Å². The molecule has 2 aliphatic heterocycles. The molecule has 0 spiro atoms. The van der Waals surface area contributed by atoms with Gasteiger partial charge >= 0.3 is 12.1 Å². The molecule has 0 unspecified atom stereocenters. The standard InChI is InChI=1S/C17H26F2N2O4/c1-15(2,3)25-14(24)21-10-17(18,19)13-11(21)4-7-20(13)9-16(5-6-16)8-12(22)23/h11,13H,4-10H2,1-3H3,(H,22,23)/t11-,13+/m0/s1. The first-order valence-electron chi connectivity index (χ1n) is 8.76. The molecule has 0 radical (unpaired) electrons. The Hall–Kier alpha value is -1.44. The van der Waals surface area contributed by atoms with Crippen molar-refractivity contribution in [1.82, 2.24) is 9.80 Å². The normalized spacial score (nSPS) is 30.2. The van der Waals surface area contributed by atoms with Gasteiger partial charge in [0.05, 0.1) is 25.0 Å². The predicted octanol–water partition coefficient (Wildman–Crippen LogP) is 2.57. The van der Waals surface area contributed by atoms with Gasteiger partial charge in [-0.05, 0) is 45.4 Å². The van der Waals surface area contributed by atoms with Gasteiger partial charge in [-0.3, -0.25) is 14.6 Å². The van der Waals surface area contributed by atoms with E-state index in [1.807, 2.05) is 0 Å². The molecule has 0 bridgehead atoms. The Balaban J connectivity index is 1.72. The highest BCUT2D eigenvalue weighted by Crippen LogP contribution is 2.52.